The molecule has 6 heteroatoms. The smallest absolute Gasteiger partial charge is 0.256 e. The maximum Gasteiger partial charge on any atom is 0.256 e. The monoisotopic (exact) mass is 361 g/mol. The summed E-state index contributed by atoms with van der Waals surface area (Å²) >= 11 is 0. The van der Waals surface area contributed by atoms with E-state index in [-0.39, 0.29) is 17.2 Å². The third-order valence-electron chi connectivity index (χ3n) is 4.55. The number of benzene rings is 2. The predicted octanol–water partition coefficient (Wildman–Crippen LogP) is 3.05. The average molecular weight is 361 g/mol. The SMILES string of the molecule is O=C(c1ccccc1F)N1CCC(S(=O)(=O)Cc2ccccc2)CC1. The van der Waals surface area contributed by atoms with Crippen LogP contribution in [0.4, 0.5) is 4.39 Å². The number of amides is 1. The summed E-state index contributed by atoms with van der Waals surface area (Å²) in [5.74, 6) is -0.914. The molecule has 3 rings (SSSR count). The molecule has 2 aromatic rings. The summed E-state index contributed by atoms with van der Waals surface area (Å²) in [6, 6.07) is 15.0. The molecule has 0 aliphatic carbocycles. The van der Waals surface area contributed by atoms with Crippen molar-refractivity contribution < 1.29 is 17.6 Å². The summed E-state index contributed by atoms with van der Waals surface area (Å²) in [5.41, 5.74) is 0.806. The molecule has 0 unspecified atom stereocenters. The maximum atomic E-state index is 13.8. The van der Waals surface area contributed by atoms with Crippen molar-refractivity contribution in [1.82, 2.24) is 4.90 Å². The molecule has 0 saturated carbocycles. The molecule has 1 fully saturated rings. The molecule has 1 saturated heterocycles. The molecule has 0 spiro atoms. The summed E-state index contributed by atoms with van der Waals surface area (Å²) in [7, 11) is -3.27. The van der Waals surface area contributed by atoms with E-state index in [9.17, 15) is 17.6 Å². The molecule has 0 radical (unpaired) electrons. The molecule has 0 N–H and O–H groups in total. The van der Waals surface area contributed by atoms with Crippen LogP contribution < -0.4 is 0 Å². The zero-order chi connectivity index (χ0) is 17.9. The van der Waals surface area contributed by atoms with E-state index in [0.717, 1.165) is 5.56 Å². The first kappa shape index (κ1) is 17.6. The second-order valence-electron chi connectivity index (χ2n) is 6.26. The van der Waals surface area contributed by atoms with Crippen molar-refractivity contribution in [1.29, 1.82) is 0 Å². The van der Waals surface area contributed by atoms with Gasteiger partial charge in [-0.3, -0.25) is 4.79 Å². The zero-order valence-electron chi connectivity index (χ0n) is 13.8. The number of likely N-dealkylation sites (tertiary alicyclic amines) is 1. The number of sulfone groups is 1. The molecule has 4 nitrogen and oxygen atoms in total. The van der Waals surface area contributed by atoms with Crippen molar-refractivity contribution in [3.05, 3.63) is 71.5 Å². The van der Waals surface area contributed by atoms with Crippen LogP contribution in [0.2, 0.25) is 0 Å². The predicted molar refractivity (Wildman–Crippen MR) is 94.4 cm³/mol. The van der Waals surface area contributed by atoms with Crippen LogP contribution >= 0.6 is 0 Å². The van der Waals surface area contributed by atoms with Crippen LogP contribution in [0.1, 0.15) is 28.8 Å². The van der Waals surface area contributed by atoms with Gasteiger partial charge in [0.15, 0.2) is 9.84 Å². The molecule has 0 bridgehead atoms. The fourth-order valence-corrected chi connectivity index (χ4v) is 4.97. The molecule has 132 valence electrons. The first-order valence-corrected chi connectivity index (χ1v) is 9.98. The molecule has 25 heavy (non-hydrogen) atoms. The minimum Gasteiger partial charge on any atom is -0.338 e. The fourth-order valence-electron chi connectivity index (χ4n) is 3.15. The normalized spacial score (nSPS) is 16.0. The molecular formula is C19H20FNO3S. The number of piperidine rings is 1. The fraction of sp³-hybridized carbons (Fsp3) is 0.316. The third-order valence-corrected chi connectivity index (χ3v) is 6.77. The van der Waals surface area contributed by atoms with Crippen molar-refractivity contribution in [2.45, 2.75) is 23.8 Å². The highest BCUT2D eigenvalue weighted by molar-refractivity contribution is 7.91. The molecule has 0 atom stereocenters. The van der Waals surface area contributed by atoms with E-state index in [1.807, 2.05) is 18.2 Å². The highest BCUT2D eigenvalue weighted by Gasteiger charge is 2.32. The van der Waals surface area contributed by atoms with Gasteiger partial charge in [-0.25, -0.2) is 12.8 Å². The van der Waals surface area contributed by atoms with Crippen molar-refractivity contribution in [3.63, 3.8) is 0 Å². The summed E-state index contributed by atoms with van der Waals surface area (Å²) in [6.45, 7) is 0.651. The van der Waals surface area contributed by atoms with E-state index in [4.69, 9.17) is 0 Å². The molecule has 1 heterocycles. The number of hydrogen-bond donors (Lipinski definition) is 0. The van der Waals surface area contributed by atoms with Crippen molar-refractivity contribution in [3.8, 4) is 0 Å². The molecular weight excluding hydrogens is 341 g/mol. The number of nitrogens with zero attached hydrogens (tertiary/aromatic N) is 1. The number of carbonyl (C=O) groups excluding carboxylic acids is 1. The first-order valence-electron chi connectivity index (χ1n) is 8.26. The Hall–Kier alpha value is -2.21. The average Bonchev–Trinajstić information content (AvgIpc) is 2.62. The zero-order valence-corrected chi connectivity index (χ0v) is 14.6. The summed E-state index contributed by atoms with van der Waals surface area (Å²) in [5, 5.41) is -0.461. The van der Waals surface area contributed by atoms with Gasteiger partial charge in [0.1, 0.15) is 5.82 Å². The van der Waals surface area contributed by atoms with Crippen LogP contribution in [0.5, 0.6) is 0 Å². The summed E-state index contributed by atoms with van der Waals surface area (Å²) in [4.78, 5) is 13.9. The van der Waals surface area contributed by atoms with Gasteiger partial charge in [-0.05, 0) is 30.5 Å². The molecule has 1 amide bonds. The van der Waals surface area contributed by atoms with Gasteiger partial charge >= 0.3 is 0 Å². The van der Waals surface area contributed by atoms with Crippen LogP contribution in [0, 0.1) is 5.82 Å². The van der Waals surface area contributed by atoms with Crippen LogP contribution in [-0.4, -0.2) is 37.6 Å². The number of rotatable bonds is 4. The molecule has 1 aliphatic heterocycles. The molecule has 0 aromatic heterocycles. The Morgan fingerprint density at radius 2 is 1.60 bits per heavy atom. The second-order valence-corrected chi connectivity index (χ2v) is 8.55. The first-order chi connectivity index (χ1) is 12.0. The molecule has 1 aliphatic rings. The quantitative estimate of drug-likeness (QED) is 0.841. The lowest BCUT2D eigenvalue weighted by Crippen LogP contribution is -2.43. The van der Waals surface area contributed by atoms with Gasteiger partial charge in [-0.15, -0.1) is 0 Å². The Labute approximate surface area is 147 Å². The van der Waals surface area contributed by atoms with Gasteiger partial charge in [0.05, 0.1) is 16.6 Å². The van der Waals surface area contributed by atoms with Crippen LogP contribution in [0.3, 0.4) is 0 Å². The lowest BCUT2D eigenvalue weighted by Gasteiger charge is -2.32. The van der Waals surface area contributed by atoms with Crippen molar-refractivity contribution in [2.24, 2.45) is 0 Å². The minimum atomic E-state index is -3.27. The largest absolute Gasteiger partial charge is 0.338 e. The lowest BCUT2D eigenvalue weighted by atomic mass is 10.1. The number of carbonyl (C=O) groups is 1. The van der Waals surface area contributed by atoms with Gasteiger partial charge in [0.25, 0.3) is 5.91 Å². The van der Waals surface area contributed by atoms with E-state index in [0.29, 0.717) is 25.9 Å². The highest BCUT2D eigenvalue weighted by Crippen LogP contribution is 2.23. The Morgan fingerprint density at radius 1 is 1.00 bits per heavy atom. The topological polar surface area (TPSA) is 54.5 Å². The van der Waals surface area contributed by atoms with E-state index in [2.05, 4.69) is 0 Å². The standard InChI is InChI=1S/C19H20FNO3S/c20-18-9-5-4-8-17(18)19(22)21-12-10-16(11-13-21)25(23,24)14-15-6-2-1-3-7-15/h1-9,16H,10-14H2. The lowest BCUT2D eigenvalue weighted by molar-refractivity contribution is 0.0721. The Kier molecular flexibility index (Phi) is 5.18. The van der Waals surface area contributed by atoms with Crippen LogP contribution in [-0.2, 0) is 15.6 Å². The Bertz CT molecular complexity index is 844. The van der Waals surface area contributed by atoms with Crippen LogP contribution in [0.25, 0.3) is 0 Å². The Balaban J connectivity index is 1.63. The van der Waals surface area contributed by atoms with Crippen molar-refractivity contribution in [2.75, 3.05) is 13.1 Å². The van der Waals surface area contributed by atoms with Gasteiger partial charge < -0.3 is 4.90 Å². The van der Waals surface area contributed by atoms with Crippen LogP contribution in [0.15, 0.2) is 54.6 Å². The molecule has 2 aromatic carbocycles. The van der Waals surface area contributed by atoms with E-state index in [1.54, 1.807) is 18.2 Å². The third kappa shape index (κ3) is 4.07. The highest BCUT2D eigenvalue weighted by atomic mass is 32.2. The summed E-state index contributed by atoms with van der Waals surface area (Å²) < 4.78 is 38.9. The van der Waals surface area contributed by atoms with E-state index in [1.165, 1.54) is 23.1 Å². The second kappa shape index (κ2) is 7.35. The number of hydrogen-bond acceptors (Lipinski definition) is 3. The van der Waals surface area contributed by atoms with Gasteiger partial charge in [-0.1, -0.05) is 42.5 Å². The van der Waals surface area contributed by atoms with Gasteiger partial charge in [0.2, 0.25) is 0 Å². The van der Waals surface area contributed by atoms with Crippen molar-refractivity contribution >= 4 is 15.7 Å². The van der Waals surface area contributed by atoms with E-state index < -0.39 is 20.9 Å². The summed E-state index contributed by atoms with van der Waals surface area (Å²) in [6.07, 6.45) is 0.769. The van der Waals surface area contributed by atoms with Gasteiger partial charge in [0, 0.05) is 13.1 Å². The minimum absolute atomic E-state index is 0.0137. The number of halogens is 1. The maximum absolute atomic E-state index is 13.8. The van der Waals surface area contributed by atoms with Gasteiger partial charge in [-0.2, -0.15) is 0 Å². The van der Waals surface area contributed by atoms with E-state index >= 15 is 0 Å². The Morgan fingerprint density at radius 3 is 2.24 bits per heavy atom.